The molecule has 5 nitrogen and oxygen atoms in total. The van der Waals surface area contributed by atoms with Gasteiger partial charge in [-0.25, -0.2) is 4.98 Å². The second kappa shape index (κ2) is 6.60. The summed E-state index contributed by atoms with van der Waals surface area (Å²) >= 11 is 1.58. The van der Waals surface area contributed by atoms with Crippen LogP contribution in [0.3, 0.4) is 0 Å². The standard InChI is InChI=1S/C16H22N4OS/c1-11(15-17-8-9-22-15)20(2)16(21)13-10-18-19-14(13)12-6-4-3-5-7-12/h8-12H,3-7H2,1-2H3,(H,18,19)/t11-/m0/s1. The molecule has 0 spiro atoms. The van der Waals surface area contributed by atoms with E-state index in [4.69, 9.17) is 0 Å². The number of hydrogen-bond donors (Lipinski definition) is 1. The predicted octanol–water partition coefficient (Wildman–Crippen LogP) is 3.75. The highest BCUT2D eigenvalue weighted by Gasteiger charge is 2.27. The van der Waals surface area contributed by atoms with Crippen molar-refractivity contribution < 1.29 is 4.79 Å². The lowest BCUT2D eigenvalue weighted by Gasteiger charge is -2.25. The van der Waals surface area contributed by atoms with Crippen molar-refractivity contribution in [3.05, 3.63) is 34.0 Å². The number of H-pyrrole nitrogens is 1. The van der Waals surface area contributed by atoms with Gasteiger partial charge in [-0.1, -0.05) is 19.3 Å². The van der Waals surface area contributed by atoms with E-state index in [0.717, 1.165) is 29.1 Å². The van der Waals surface area contributed by atoms with Gasteiger partial charge in [-0.2, -0.15) is 5.10 Å². The molecule has 118 valence electrons. The Labute approximate surface area is 134 Å². The lowest BCUT2D eigenvalue weighted by atomic mass is 9.85. The molecule has 6 heteroatoms. The third-order valence-electron chi connectivity index (χ3n) is 4.62. The summed E-state index contributed by atoms with van der Waals surface area (Å²) < 4.78 is 0. The molecule has 2 heterocycles. The van der Waals surface area contributed by atoms with Gasteiger partial charge >= 0.3 is 0 Å². The molecule has 0 saturated heterocycles. The molecule has 2 aromatic rings. The van der Waals surface area contributed by atoms with Crippen LogP contribution in [0.5, 0.6) is 0 Å². The number of aromatic nitrogens is 3. The SMILES string of the molecule is C[C@@H](c1nccs1)N(C)C(=O)c1cn[nH]c1C1CCCCC1. The number of carbonyl (C=O) groups excluding carboxylic acids is 1. The monoisotopic (exact) mass is 318 g/mol. The Morgan fingerprint density at radius 1 is 1.41 bits per heavy atom. The fourth-order valence-corrected chi connectivity index (χ4v) is 3.88. The van der Waals surface area contributed by atoms with Crippen molar-refractivity contribution in [1.82, 2.24) is 20.1 Å². The van der Waals surface area contributed by atoms with E-state index in [0.29, 0.717) is 5.92 Å². The second-order valence-electron chi connectivity index (χ2n) is 5.99. The molecule has 1 aliphatic carbocycles. The van der Waals surface area contributed by atoms with Crippen LogP contribution in [0, 0.1) is 0 Å². The van der Waals surface area contributed by atoms with Crippen LogP contribution in [0.4, 0.5) is 0 Å². The van der Waals surface area contributed by atoms with Crippen LogP contribution in [0.2, 0.25) is 0 Å². The summed E-state index contributed by atoms with van der Waals surface area (Å²) in [5.41, 5.74) is 1.74. The highest BCUT2D eigenvalue weighted by Crippen LogP contribution is 2.34. The van der Waals surface area contributed by atoms with Crippen LogP contribution in [-0.4, -0.2) is 33.0 Å². The Morgan fingerprint density at radius 2 is 2.18 bits per heavy atom. The molecular formula is C16H22N4OS. The van der Waals surface area contributed by atoms with E-state index in [1.807, 2.05) is 19.4 Å². The molecule has 1 aliphatic rings. The number of rotatable bonds is 4. The molecule has 22 heavy (non-hydrogen) atoms. The van der Waals surface area contributed by atoms with Gasteiger partial charge in [0.15, 0.2) is 0 Å². The van der Waals surface area contributed by atoms with Crippen molar-refractivity contribution in [2.24, 2.45) is 0 Å². The number of nitrogens with zero attached hydrogens (tertiary/aromatic N) is 3. The Bertz CT molecular complexity index is 616. The number of thiazole rings is 1. The normalized spacial score (nSPS) is 17.4. The van der Waals surface area contributed by atoms with Gasteiger partial charge in [0.25, 0.3) is 5.91 Å². The molecule has 0 radical (unpaired) electrons. The first-order valence-corrected chi connectivity index (χ1v) is 8.76. The largest absolute Gasteiger partial charge is 0.332 e. The zero-order chi connectivity index (χ0) is 15.5. The maximum atomic E-state index is 12.8. The molecule has 0 bridgehead atoms. The van der Waals surface area contributed by atoms with Crippen LogP contribution < -0.4 is 0 Å². The summed E-state index contributed by atoms with van der Waals surface area (Å²) in [4.78, 5) is 18.9. The average molecular weight is 318 g/mol. The van der Waals surface area contributed by atoms with Crippen molar-refractivity contribution >= 4 is 17.2 Å². The minimum Gasteiger partial charge on any atom is -0.332 e. The number of hydrogen-bond acceptors (Lipinski definition) is 4. The zero-order valence-corrected chi connectivity index (χ0v) is 13.9. The minimum absolute atomic E-state index is 0.0250. The topological polar surface area (TPSA) is 61.9 Å². The van der Waals surface area contributed by atoms with Crippen LogP contribution in [0.15, 0.2) is 17.8 Å². The summed E-state index contributed by atoms with van der Waals surface area (Å²) in [7, 11) is 1.84. The minimum atomic E-state index is -0.0263. The van der Waals surface area contributed by atoms with Crippen LogP contribution in [0.1, 0.15) is 72.0 Å². The molecule has 0 unspecified atom stereocenters. The van der Waals surface area contributed by atoms with Crippen molar-refractivity contribution in [3.8, 4) is 0 Å². The van der Waals surface area contributed by atoms with E-state index in [9.17, 15) is 4.79 Å². The molecule has 0 aromatic carbocycles. The van der Waals surface area contributed by atoms with Crippen molar-refractivity contribution in [2.45, 2.75) is 51.0 Å². The third kappa shape index (κ3) is 2.92. The van der Waals surface area contributed by atoms with Crippen LogP contribution >= 0.6 is 11.3 Å². The Kier molecular flexibility index (Phi) is 4.57. The highest BCUT2D eigenvalue weighted by molar-refractivity contribution is 7.09. The Hall–Kier alpha value is -1.69. The zero-order valence-electron chi connectivity index (χ0n) is 13.1. The first kappa shape index (κ1) is 15.2. The van der Waals surface area contributed by atoms with E-state index in [2.05, 4.69) is 15.2 Å². The molecule has 1 amide bonds. The summed E-state index contributed by atoms with van der Waals surface area (Å²) in [6, 6.07) is -0.0263. The molecule has 0 aliphatic heterocycles. The average Bonchev–Trinajstić information content (AvgIpc) is 3.24. The lowest BCUT2D eigenvalue weighted by Crippen LogP contribution is -2.30. The van der Waals surface area contributed by atoms with Crippen molar-refractivity contribution in [2.75, 3.05) is 7.05 Å². The molecule has 1 atom stereocenters. The number of aromatic amines is 1. The smallest absolute Gasteiger partial charge is 0.257 e. The first-order valence-electron chi connectivity index (χ1n) is 7.88. The summed E-state index contributed by atoms with van der Waals surface area (Å²) in [5.74, 6) is 0.468. The van der Waals surface area contributed by atoms with Crippen molar-refractivity contribution in [3.63, 3.8) is 0 Å². The maximum Gasteiger partial charge on any atom is 0.257 e. The van der Waals surface area contributed by atoms with Gasteiger partial charge in [0.05, 0.1) is 23.5 Å². The van der Waals surface area contributed by atoms with Crippen LogP contribution in [0.25, 0.3) is 0 Å². The van der Waals surface area contributed by atoms with Crippen molar-refractivity contribution in [1.29, 1.82) is 0 Å². The van der Waals surface area contributed by atoms with E-state index >= 15 is 0 Å². The molecule has 1 fully saturated rings. The number of amides is 1. The number of nitrogens with one attached hydrogen (secondary N) is 1. The van der Waals surface area contributed by atoms with Gasteiger partial charge in [-0.05, 0) is 19.8 Å². The van der Waals surface area contributed by atoms with E-state index in [-0.39, 0.29) is 11.9 Å². The van der Waals surface area contributed by atoms with Gasteiger partial charge in [0.1, 0.15) is 5.01 Å². The van der Waals surface area contributed by atoms with Crippen LogP contribution in [-0.2, 0) is 0 Å². The van der Waals surface area contributed by atoms with Gasteiger partial charge in [-0.3, -0.25) is 9.89 Å². The highest BCUT2D eigenvalue weighted by atomic mass is 32.1. The molecule has 1 N–H and O–H groups in total. The van der Waals surface area contributed by atoms with Gasteiger partial charge in [0, 0.05) is 24.5 Å². The fraction of sp³-hybridized carbons (Fsp3) is 0.562. The maximum absolute atomic E-state index is 12.8. The van der Waals surface area contributed by atoms with E-state index < -0.39 is 0 Å². The molecule has 3 rings (SSSR count). The second-order valence-corrected chi connectivity index (χ2v) is 6.92. The van der Waals surface area contributed by atoms with Gasteiger partial charge in [-0.15, -0.1) is 11.3 Å². The third-order valence-corrected chi connectivity index (χ3v) is 5.57. The summed E-state index contributed by atoms with van der Waals surface area (Å²) in [5, 5.41) is 10.1. The molecular weight excluding hydrogens is 296 g/mol. The quantitative estimate of drug-likeness (QED) is 0.934. The van der Waals surface area contributed by atoms with Gasteiger partial charge < -0.3 is 4.90 Å². The summed E-state index contributed by atoms with van der Waals surface area (Å²) in [6.07, 6.45) is 9.53. The Morgan fingerprint density at radius 3 is 2.86 bits per heavy atom. The molecule has 1 saturated carbocycles. The predicted molar refractivity (Wildman–Crippen MR) is 87.0 cm³/mol. The van der Waals surface area contributed by atoms with E-state index in [1.165, 1.54) is 19.3 Å². The lowest BCUT2D eigenvalue weighted by molar-refractivity contribution is 0.0740. The number of carbonyl (C=O) groups is 1. The van der Waals surface area contributed by atoms with E-state index in [1.54, 1.807) is 28.6 Å². The fourth-order valence-electron chi connectivity index (χ4n) is 3.14. The molecule has 2 aromatic heterocycles. The summed E-state index contributed by atoms with van der Waals surface area (Å²) in [6.45, 7) is 2.01. The van der Waals surface area contributed by atoms with Gasteiger partial charge in [0.2, 0.25) is 0 Å². The first-order chi connectivity index (χ1) is 10.7. The Balaban J connectivity index is 1.79.